The van der Waals surface area contributed by atoms with Gasteiger partial charge < -0.3 is 10.0 Å². The van der Waals surface area contributed by atoms with Gasteiger partial charge in [-0.3, -0.25) is 9.59 Å². The minimum atomic E-state index is -0.841. The Kier molecular flexibility index (Phi) is 2.29. The highest BCUT2D eigenvalue weighted by Gasteiger charge is 2.51. The lowest BCUT2D eigenvalue weighted by Crippen LogP contribution is -2.39. The molecule has 2 rings (SSSR count). The van der Waals surface area contributed by atoms with E-state index in [1.165, 1.54) is 4.90 Å². The molecule has 1 saturated carbocycles. The molecule has 15 heavy (non-hydrogen) atoms. The van der Waals surface area contributed by atoms with Gasteiger partial charge in [-0.15, -0.1) is 0 Å². The van der Waals surface area contributed by atoms with Gasteiger partial charge in [-0.1, -0.05) is 12.2 Å². The minimum Gasteiger partial charge on any atom is -0.481 e. The van der Waals surface area contributed by atoms with E-state index in [0.717, 1.165) is 6.42 Å². The Hall–Kier alpha value is -1.32. The second kappa shape index (κ2) is 3.36. The molecule has 4 nitrogen and oxygen atoms in total. The zero-order valence-corrected chi connectivity index (χ0v) is 8.88. The van der Waals surface area contributed by atoms with Crippen LogP contribution in [-0.2, 0) is 9.59 Å². The number of aliphatic carboxylic acids is 1. The van der Waals surface area contributed by atoms with Crippen molar-refractivity contribution in [3.8, 4) is 0 Å². The maximum absolute atomic E-state index is 11.9. The highest BCUT2D eigenvalue weighted by molar-refractivity contribution is 5.86. The fraction of sp³-hybridized carbons (Fsp3) is 0.636. The molecule has 0 saturated heterocycles. The Morgan fingerprint density at radius 3 is 2.20 bits per heavy atom. The molecule has 0 aromatic rings. The third kappa shape index (κ3) is 1.44. The summed E-state index contributed by atoms with van der Waals surface area (Å²) in [5.74, 6) is -1.58. The topological polar surface area (TPSA) is 57.6 Å². The molecule has 2 aliphatic rings. The molecule has 0 radical (unpaired) electrons. The first-order valence-corrected chi connectivity index (χ1v) is 5.14. The first kappa shape index (κ1) is 10.2. The van der Waals surface area contributed by atoms with Crippen molar-refractivity contribution < 1.29 is 14.7 Å². The summed E-state index contributed by atoms with van der Waals surface area (Å²) >= 11 is 0. The Balaban J connectivity index is 2.27. The molecule has 0 aromatic heterocycles. The number of hydrogen-bond acceptors (Lipinski definition) is 2. The second-order valence-electron chi connectivity index (χ2n) is 4.57. The zero-order chi connectivity index (χ0) is 11.2. The number of amides is 1. The number of nitrogens with zero attached hydrogens (tertiary/aromatic N) is 1. The van der Waals surface area contributed by atoms with Gasteiger partial charge in [-0.2, -0.15) is 0 Å². The highest BCUT2D eigenvalue weighted by atomic mass is 16.4. The number of carbonyl (C=O) groups is 2. The van der Waals surface area contributed by atoms with E-state index in [1.54, 1.807) is 14.1 Å². The van der Waals surface area contributed by atoms with Gasteiger partial charge in [0.05, 0.1) is 11.8 Å². The van der Waals surface area contributed by atoms with Crippen LogP contribution in [0.5, 0.6) is 0 Å². The van der Waals surface area contributed by atoms with Crippen LogP contribution in [0.2, 0.25) is 0 Å². The molecule has 0 aromatic carbocycles. The molecule has 1 N–H and O–H groups in total. The zero-order valence-electron chi connectivity index (χ0n) is 8.88. The number of allylic oxidation sites excluding steroid dienone is 2. The van der Waals surface area contributed by atoms with E-state index in [4.69, 9.17) is 5.11 Å². The molecular weight excluding hydrogens is 194 g/mol. The predicted octanol–water partition coefficient (Wildman–Crippen LogP) is 0.598. The monoisotopic (exact) mass is 209 g/mol. The molecule has 82 valence electrons. The summed E-state index contributed by atoms with van der Waals surface area (Å²) in [6.45, 7) is 0. The van der Waals surface area contributed by atoms with Crippen LogP contribution in [0.1, 0.15) is 6.42 Å². The quantitative estimate of drug-likeness (QED) is 0.677. The van der Waals surface area contributed by atoms with Crippen LogP contribution >= 0.6 is 0 Å². The SMILES string of the molecule is CN(C)C(=O)[C@H]1C2C=CC(C2)[C@H]1C(=O)O. The van der Waals surface area contributed by atoms with E-state index in [2.05, 4.69) is 0 Å². The Morgan fingerprint density at radius 2 is 1.73 bits per heavy atom. The van der Waals surface area contributed by atoms with E-state index in [0.29, 0.717) is 0 Å². The van der Waals surface area contributed by atoms with Crippen LogP contribution in [0.25, 0.3) is 0 Å². The fourth-order valence-corrected chi connectivity index (χ4v) is 2.79. The van der Waals surface area contributed by atoms with Crippen LogP contribution in [0, 0.1) is 23.7 Å². The van der Waals surface area contributed by atoms with Crippen molar-refractivity contribution in [2.45, 2.75) is 6.42 Å². The van der Waals surface area contributed by atoms with Gasteiger partial charge in [0.15, 0.2) is 0 Å². The lowest BCUT2D eigenvalue weighted by atomic mass is 9.82. The molecular formula is C11H15NO3. The van der Waals surface area contributed by atoms with Gasteiger partial charge in [0.25, 0.3) is 0 Å². The number of rotatable bonds is 2. The van der Waals surface area contributed by atoms with Gasteiger partial charge >= 0.3 is 5.97 Å². The normalized spacial score (nSPS) is 36.9. The second-order valence-corrected chi connectivity index (χ2v) is 4.57. The molecule has 0 spiro atoms. The van der Waals surface area contributed by atoms with Gasteiger partial charge in [-0.05, 0) is 18.3 Å². The van der Waals surface area contributed by atoms with E-state index in [9.17, 15) is 9.59 Å². The van der Waals surface area contributed by atoms with Gasteiger partial charge in [-0.25, -0.2) is 0 Å². The smallest absolute Gasteiger partial charge is 0.307 e. The van der Waals surface area contributed by atoms with Crippen LogP contribution in [0.4, 0.5) is 0 Å². The number of carbonyl (C=O) groups excluding carboxylic acids is 1. The third-order valence-corrected chi connectivity index (χ3v) is 3.47. The average molecular weight is 209 g/mol. The molecule has 1 fully saturated rings. The molecule has 0 heterocycles. The van der Waals surface area contributed by atoms with E-state index in [-0.39, 0.29) is 23.7 Å². The van der Waals surface area contributed by atoms with Crippen LogP contribution in [0.3, 0.4) is 0 Å². The van der Waals surface area contributed by atoms with Crippen LogP contribution in [-0.4, -0.2) is 36.0 Å². The number of carboxylic acid groups (broad SMARTS) is 1. The standard InChI is InChI=1S/C11H15NO3/c1-12(2)10(13)8-6-3-4-7(5-6)9(8)11(14)15/h3-4,6-9H,5H2,1-2H3,(H,14,15)/t6?,7?,8-,9+/m0/s1. The molecule has 2 unspecified atom stereocenters. The van der Waals surface area contributed by atoms with E-state index in [1.807, 2.05) is 12.2 Å². The summed E-state index contributed by atoms with van der Waals surface area (Å²) in [4.78, 5) is 24.5. The largest absolute Gasteiger partial charge is 0.481 e. The molecule has 1 amide bonds. The Labute approximate surface area is 88.6 Å². The van der Waals surface area contributed by atoms with Crippen LogP contribution in [0.15, 0.2) is 12.2 Å². The van der Waals surface area contributed by atoms with Crippen molar-refractivity contribution in [2.75, 3.05) is 14.1 Å². The van der Waals surface area contributed by atoms with Crippen LogP contribution < -0.4 is 0 Å². The lowest BCUT2D eigenvalue weighted by Gasteiger charge is -2.26. The van der Waals surface area contributed by atoms with Crippen molar-refractivity contribution in [3.05, 3.63) is 12.2 Å². The lowest BCUT2D eigenvalue weighted by molar-refractivity contribution is -0.150. The first-order chi connectivity index (χ1) is 7.02. The average Bonchev–Trinajstić information content (AvgIpc) is 2.74. The highest BCUT2D eigenvalue weighted by Crippen LogP contribution is 2.48. The summed E-state index contributed by atoms with van der Waals surface area (Å²) < 4.78 is 0. The molecule has 4 heteroatoms. The van der Waals surface area contributed by atoms with Crippen molar-refractivity contribution in [3.63, 3.8) is 0 Å². The predicted molar refractivity (Wildman–Crippen MR) is 54.0 cm³/mol. The summed E-state index contributed by atoms with van der Waals surface area (Å²) in [6, 6.07) is 0. The van der Waals surface area contributed by atoms with Crippen molar-refractivity contribution >= 4 is 11.9 Å². The number of carboxylic acids is 1. The van der Waals surface area contributed by atoms with Gasteiger partial charge in [0.2, 0.25) is 5.91 Å². The van der Waals surface area contributed by atoms with Gasteiger partial charge in [0.1, 0.15) is 0 Å². The number of fused-ring (bicyclic) bond motifs is 2. The first-order valence-electron chi connectivity index (χ1n) is 5.14. The van der Waals surface area contributed by atoms with Crippen molar-refractivity contribution in [1.29, 1.82) is 0 Å². The summed E-state index contributed by atoms with van der Waals surface area (Å²) in [6.07, 6.45) is 4.76. The Morgan fingerprint density at radius 1 is 1.20 bits per heavy atom. The number of hydrogen-bond donors (Lipinski definition) is 1. The molecule has 2 aliphatic carbocycles. The fourth-order valence-electron chi connectivity index (χ4n) is 2.79. The van der Waals surface area contributed by atoms with Crippen molar-refractivity contribution in [2.24, 2.45) is 23.7 Å². The van der Waals surface area contributed by atoms with E-state index >= 15 is 0 Å². The maximum Gasteiger partial charge on any atom is 0.307 e. The van der Waals surface area contributed by atoms with Crippen molar-refractivity contribution in [1.82, 2.24) is 4.90 Å². The molecule has 4 atom stereocenters. The van der Waals surface area contributed by atoms with Gasteiger partial charge in [0, 0.05) is 14.1 Å². The Bertz CT molecular complexity index is 335. The minimum absolute atomic E-state index is 0.0563. The molecule has 0 aliphatic heterocycles. The third-order valence-electron chi connectivity index (χ3n) is 3.47. The van der Waals surface area contributed by atoms with E-state index < -0.39 is 11.9 Å². The molecule has 2 bridgehead atoms. The summed E-state index contributed by atoms with van der Waals surface area (Å²) in [5.41, 5.74) is 0. The summed E-state index contributed by atoms with van der Waals surface area (Å²) in [7, 11) is 3.36. The summed E-state index contributed by atoms with van der Waals surface area (Å²) in [5, 5.41) is 9.13. The maximum atomic E-state index is 11.9.